The van der Waals surface area contributed by atoms with Crippen LogP contribution in [0.15, 0.2) is 18.2 Å². The van der Waals surface area contributed by atoms with Crippen LogP contribution in [-0.4, -0.2) is 24.6 Å². The van der Waals surface area contributed by atoms with Crippen LogP contribution < -0.4 is 4.74 Å². The van der Waals surface area contributed by atoms with E-state index in [1.165, 1.54) is 13.2 Å². The Bertz CT molecular complexity index is 412. The third kappa shape index (κ3) is 3.72. The van der Waals surface area contributed by atoms with Crippen molar-refractivity contribution >= 4 is 0 Å². The van der Waals surface area contributed by atoms with Gasteiger partial charge in [-0.3, -0.25) is 4.90 Å². The van der Waals surface area contributed by atoms with E-state index in [4.69, 9.17) is 10.00 Å². The fraction of sp³-hybridized carbons (Fsp3) is 0.462. The molecular weight excluding hydrogens is 219 g/mol. The Labute approximate surface area is 101 Å². The van der Waals surface area contributed by atoms with Gasteiger partial charge in [-0.2, -0.15) is 5.26 Å². The SMILES string of the molecule is COc1ccc(CN(CC#N)C(C)C)c(F)c1. The normalized spacial score (nSPS) is 10.6. The Morgan fingerprint density at radius 2 is 2.18 bits per heavy atom. The molecule has 0 unspecified atom stereocenters. The fourth-order valence-corrected chi connectivity index (χ4v) is 1.51. The van der Waals surface area contributed by atoms with Gasteiger partial charge in [0.15, 0.2) is 0 Å². The molecule has 0 N–H and O–H groups in total. The first kappa shape index (κ1) is 13.5. The van der Waals surface area contributed by atoms with E-state index in [1.807, 2.05) is 18.7 Å². The summed E-state index contributed by atoms with van der Waals surface area (Å²) in [5.41, 5.74) is 0.578. The fourth-order valence-electron chi connectivity index (χ4n) is 1.51. The lowest BCUT2D eigenvalue weighted by atomic mass is 10.1. The van der Waals surface area contributed by atoms with Gasteiger partial charge in [0.1, 0.15) is 11.6 Å². The number of nitriles is 1. The average Bonchev–Trinajstić information content (AvgIpc) is 2.30. The van der Waals surface area contributed by atoms with Gasteiger partial charge >= 0.3 is 0 Å². The van der Waals surface area contributed by atoms with E-state index in [0.717, 1.165) is 0 Å². The summed E-state index contributed by atoms with van der Waals surface area (Å²) in [7, 11) is 1.50. The lowest BCUT2D eigenvalue weighted by molar-refractivity contribution is 0.237. The highest BCUT2D eigenvalue weighted by atomic mass is 19.1. The van der Waals surface area contributed by atoms with Gasteiger partial charge < -0.3 is 4.74 Å². The Balaban J connectivity index is 2.83. The monoisotopic (exact) mass is 236 g/mol. The predicted molar refractivity (Wildman–Crippen MR) is 64.1 cm³/mol. The van der Waals surface area contributed by atoms with Crippen molar-refractivity contribution in [2.45, 2.75) is 26.4 Å². The standard InChI is InChI=1S/C13H17FN2O/c1-10(2)16(7-6-15)9-11-4-5-12(17-3)8-13(11)14/h4-5,8,10H,7,9H2,1-3H3. The summed E-state index contributed by atoms with van der Waals surface area (Å²) in [4.78, 5) is 1.91. The summed E-state index contributed by atoms with van der Waals surface area (Å²) in [6.07, 6.45) is 0. The number of nitrogens with zero attached hydrogens (tertiary/aromatic N) is 2. The van der Waals surface area contributed by atoms with Gasteiger partial charge in [-0.05, 0) is 19.9 Å². The van der Waals surface area contributed by atoms with Crippen LogP contribution in [0.25, 0.3) is 0 Å². The predicted octanol–water partition coefficient (Wildman–Crippen LogP) is 2.57. The molecule has 0 spiro atoms. The number of benzene rings is 1. The summed E-state index contributed by atoms with van der Waals surface area (Å²) >= 11 is 0. The van der Waals surface area contributed by atoms with Gasteiger partial charge in [0.25, 0.3) is 0 Å². The lowest BCUT2D eigenvalue weighted by Crippen LogP contribution is -2.31. The molecule has 17 heavy (non-hydrogen) atoms. The van der Waals surface area contributed by atoms with Crippen molar-refractivity contribution in [3.63, 3.8) is 0 Å². The molecule has 0 saturated carbocycles. The first-order valence-electron chi connectivity index (χ1n) is 5.52. The van der Waals surface area contributed by atoms with Crippen molar-refractivity contribution < 1.29 is 9.13 Å². The van der Waals surface area contributed by atoms with Crippen LogP contribution in [0.1, 0.15) is 19.4 Å². The first-order valence-corrected chi connectivity index (χ1v) is 5.52. The highest BCUT2D eigenvalue weighted by Gasteiger charge is 2.12. The summed E-state index contributed by atoms with van der Waals surface area (Å²) in [5.74, 6) is 0.204. The van der Waals surface area contributed by atoms with Gasteiger partial charge in [-0.1, -0.05) is 6.07 Å². The van der Waals surface area contributed by atoms with Crippen molar-refractivity contribution in [1.82, 2.24) is 4.90 Å². The quantitative estimate of drug-likeness (QED) is 0.737. The van der Waals surface area contributed by atoms with E-state index in [9.17, 15) is 4.39 Å². The Morgan fingerprint density at radius 1 is 1.47 bits per heavy atom. The largest absolute Gasteiger partial charge is 0.497 e. The Hall–Kier alpha value is -1.60. The number of methoxy groups -OCH3 is 1. The molecule has 0 saturated heterocycles. The highest BCUT2D eigenvalue weighted by Crippen LogP contribution is 2.18. The Morgan fingerprint density at radius 3 is 2.65 bits per heavy atom. The maximum atomic E-state index is 13.7. The van der Waals surface area contributed by atoms with Crippen LogP contribution in [0.3, 0.4) is 0 Å². The van der Waals surface area contributed by atoms with Gasteiger partial charge in [-0.25, -0.2) is 4.39 Å². The van der Waals surface area contributed by atoms with Crippen LogP contribution in [0.5, 0.6) is 5.75 Å². The molecule has 0 aliphatic carbocycles. The molecule has 0 fully saturated rings. The molecule has 1 aromatic rings. The summed E-state index contributed by atoms with van der Waals surface area (Å²) in [6.45, 7) is 4.70. The summed E-state index contributed by atoms with van der Waals surface area (Å²) in [5, 5.41) is 8.71. The number of hydrogen-bond donors (Lipinski definition) is 0. The molecule has 1 rings (SSSR count). The zero-order valence-electron chi connectivity index (χ0n) is 10.4. The van der Waals surface area contributed by atoms with Gasteiger partial charge in [-0.15, -0.1) is 0 Å². The van der Waals surface area contributed by atoms with E-state index in [2.05, 4.69) is 6.07 Å². The molecule has 4 heteroatoms. The molecule has 0 radical (unpaired) electrons. The molecule has 0 aliphatic heterocycles. The second-order valence-electron chi connectivity index (χ2n) is 4.11. The molecule has 0 bridgehead atoms. The molecule has 92 valence electrons. The molecular formula is C13H17FN2O. The van der Waals surface area contributed by atoms with Crippen molar-refractivity contribution in [2.75, 3.05) is 13.7 Å². The zero-order chi connectivity index (χ0) is 12.8. The third-order valence-electron chi connectivity index (χ3n) is 2.64. The number of hydrogen-bond acceptors (Lipinski definition) is 3. The molecule has 0 amide bonds. The number of ether oxygens (including phenoxy) is 1. The minimum absolute atomic E-state index is 0.205. The molecule has 3 nitrogen and oxygen atoms in total. The summed E-state index contributed by atoms with van der Waals surface area (Å²) < 4.78 is 18.7. The first-order chi connectivity index (χ1) is 8.08. The molecule has 0 aliphatic rings. The zero-order valence-corrected chi connectivity index (χ0v) is 10.4. The van der Waals surface area contributed by atoms with Crippen LogP contribution in [0, 0.1) is 17.1 Å². The van der Waals surface area contributed by atoms with E-state index in [-0.39, 0.29) is 11.9 Å². The van der Waals surface area contributed by atoms with Crippen molar-refractivity contribution in [1.29, 1.82) is 5.26 Å². The van der Waals surface area contributed by atoms with E-state index < -0.39 is 0 Å². The van der Waals surface area contributed by atoms with Crippen LogP contribution in [-0.2, 0) is 6.54 Å². The van der Waals surface area contributed by atoms with Crippen LogP contribution >= 0.6 is 0 Å². The second kappa shape index (κ2) is 6.21. The van der Waals surface area contributed by atoms with E-state index in [1.54, 1.807) is 12.1 Å². The minimum Gasteiger partial charge on any atom is -0.497 e. The maximum Gasteiger partial charge on any atom is 0.131 e. The van der Waals surface area contributed by atoms with Crippen LogP contribution in [0.2, 0.25) is 0 Å². The van der Waals surface area contributed by atoms with Crippen LogP contribution in [0.4, 0.5) is 4.39 Å². The smallest absolute Gasteiger partial charge is 0.131 e. The second-order valence-corrected chi connectivity index (χ2v) is 4.11. The van der Waals surface area contributed by atoms with E-state index >= 15 is 0 Å². The molecule has 1 aromatic carbocycles. The minimum atomic E-state index is -0.298. The third-order valence-corrected chi connectivity index (χ3v) is 2.64. The lowest BCUT2D eigenvalue weighted by Gasteiger charge is -2.23. The van der Waals surface area contributed by atoms with Gasteiger partial charge in [0.2, 0.25) is 0 Å². The highest BCUT2D eigenvalue weighted by molar-refractivity contribution is 5.28. The number of halogens is 1. The molecule has 0 aromatic heterocycles. The van der Waals surface area contributed by atoms with E-state index in [0.29, 0.717) is 24.4 Å². The average molecular weight is 236 g/mol. The van der Waals surface area contributed by atoms with Crippen molar-refractivity contribution in [3.05, 3.63) is 29.6 Å². The molecule has 0 atom stereocenters. The van der Waals surface area contributed by atoms with Gasteiger partial charge in [0.05, 0.1) is 19.7 Å². The summed E-state index contributed by atoms with van der Waals surface area (Å²) in [6, 6.07) is 7.08. The topological polar surface area (TPSA) is 36.3 Å². The Kier molecular flexibility index (Phi) is 4.92. The maximum absolute atomic E-state index is 13.7. The van der Waals surface area contributed by atoms with Crippen molar-refractivity contribution in [2.24, 2.45) is 0 Å². The molecule has 0 heterocycles. The number of rotatable bonds is 5. The van der Waals surface area contributed by atoms with Gasteiger partial charge in [0, 0.05) is 24.2 Å². The van der Waals surface area contributed by atoms with Crippen molar-refractivity contribution in [3.8, 4) is 11.8 Å².